The zero-order chi connectivity index (χ0) is 17.5. The summed E-state index contributed by atoms with van der Waals surface area (Å²) in [7, 11) is 0. The van der Waals surface area contributed by atoms with Gasteiger partial charge in [-0.05, 0) is 45.0 Å². The number of aromatic nitrogens is 1. The van der Waals surface area contributed by atoms with Crippen LogP contribution in [0.5, 0.6) is 0 Å². The van der Waals surface area contributed by atoms with Crippen LogP contribution in [0.4, 0.5) is 11.5 Å². The fourth-order valence-corrected chi connectivity index (χ4v) is 2.08. The van der Waals surface area contributed by atoms with E-state index in [4.69, 9.17) is 4.74 Å². The predicted octanol–water partition coefficient (Wildman–Crippen LogP) is 3.33. The van der Waals surface area contributed by atoms with Crippen molar-refractivity contribution in [1.29, 1.82) is 0 Å². The standard InChI is InChI=1S/C18H21N3O3/c1-4-24-18(23)14-7-5-6-8-15(14)21-17(22)13-9-10-16(19-11-13)20-12(2)3/h5-12H,4H2,1-3H3,(H,19,20)(H,21,22). The average Bonchev–Trinajstić information content (AvgIpc) is 2.55. The number of rotatable bonds is 6. The Bertz CT molecular complexity index is 712. The number of hydrogen-bond acceptors (Lipinski definition) is 5. The Labute approximate surface area is 141 Å². The van der Waals surface area contributed by atoms with Gasteiger partial charge in [-0.25, -0.2) is 9.78 Å². The van der Waals surface area contributed by atoms with Crippen LogP contribution in [-0.4, -0.2) is 29.5 Å². The second kappa shape index (κ2) is 8.10. The third kappa shape index (κ3) is 4.55. The van der Waals surface area contributed by atoms with Crippen LogP contribution in [0.25, 0.3) is 0 Å². The van der Waals surface area contributed by atoms with Gasteiger partial charge >= 0.3 is 5.97 Å². The van der Waals surface area contributed by atoms with E-state index in [2.05, 4.69) is 15.6 Å². The van der Waals surface area contributed by atoms with Crippen LogP contribution in [-0.2, 0) is 4.74 Å². The van der Waals surface area contributed by atoms with E-state index in [1.165, 1.54) is 6.20 Å². The first-order valence-corrected chi connectivity index (χ1v) is 7.81. The Kier molecular flexibility index (Phi) is 5.89. The molecule has 1 heterocycles. The van der Waals surface area contributed by atoms with Crippen LogP contribution < -0.4 is 10.6 Å². The Hall–Kier alpha value is -2.89. The fraction of sp³-hybridized carbons (Fsp3) is 0.278. The van der Waals surface area contributed by atoms with Crippen molar-refractivity contribution in [3.63, 3.8) is 0 Å². The summed E-state index contributed by atoms with van der Waals surface area (Å²) in [6, 6.07) is 10.4. The molecule has 1 aromatic heterocycles. The van der Waals surface area contributed by atoms with E-state index < -0.39 is 5.97 Å². The van der Waals surface area contributed by atoms with Gasteiger partial charge in [-0.15, -0.1) is 0 Å². The molecule has 0 atom stereocenters. The number of amides is 1. The van der Waals surface area contributed by atoms with Gasteiger partial charge in [0.15, 0.2) is 0 Å². The summed E-state index contributed by atoms with van der Waals surface area (Å²) < 4.78 is 5.00. The van der Waals surface area contributed by atoms with E-state index in [-0.39, 0.29) is 18.6 Å². The van der Waals surface area contributed by atoms with Crippen molar-refractivity contribution in [1.82, 2.24) is 4.98 Å². The number of benzene rings is 1. The Morgan fingerprint density at radius 3 is 2.54 bits per heavy atom. The van der Waals surface area contributed by atoms with Gasteiger partial charge in [0.1, 0.15) is 5.82 Å². The van der Waals surface area contributed by atoms with E-state index in [1.807, 2.05) is 13.8 Å². The highest BCUT2D eigenvalue weighted by molar-refractivity contribution is 6.07. The lowest BCUT2D eigenvalue weighted by molar-refractivity contribution is 0.0527. The third-order valence-electron chi connectivity index (χ3n) is 3.13. The maximum atomic E-state index is 12.4. The highest BCUT2D eigenvalue weighted by Gasteiger charge is 2.15. The summed E-state index contributed by atoms with van der Waals surface area (Å²) in [6.07, 6.45) is 1.49. The van der Waals surface area contributed by atoms with Crippen molar-refractivity contribution in [3.05, 3.63) is 53.7 Å². The van der Waals surface area contributed by atoms with Gasteiger partial charge in [0, 0.05) is 12.2 Å². The van der Waals surface area contributed by atoms with Crippen molar-refractivity contribution in [2.75, 3.05) is 17.2 Å². The van der Waals surface area contributed by atoms with E-state index in [1.54, 1.807) is 43.3 Å². The summed E-state index contributed by atoms with van der Waals surface area (Å²) >= 11 is 0. The van der Waals surface area contributed by atoms with E-state index >= 15 is 0 Å². The summed E-state index contributed by atoms with van der Waals surface area (Å²) in [5, 5.41) is 5.88. The van der Waals surface area contributed by atoms with E-state index in [0.717, 1.165) is 0 Å². The zero-order valence-corrected chi connectivity index (χ0v) is 14.0. The van der Waals surface area contributed by atoms with Gasteiger partial charge in [-0.1, -0.05) is 12.1 Å². The normalized spacial score (nSPS) is 10.3. The first kappa shape index (κ1) is 17.5. The molecule has 0 saturated heterocycles. The van der Waals surface area contributed by atoms with Crippen LogP contribution >= 0.6 is 0 Å². The number of ether oxygens (including phenoxy) is 1. The molecule has 24 heavy (non-hydrogen) atoms. The number of esters is 1. The minimum absolute atomic E-state index is 0.258. The third-order valence-corrected chi connectivity index (χ3v) is 3.13. The summed E-state index contributed by atoms with van der Waals surface area (Å²) in [6.45, 7) is 6.02. The number of para-hydroxylation sites is 1. The first-order chi connectivity index (χ1) is 11.5. The van der Waals surface area contributed by atoms with Gasteiger partial charge < -0.3 is 15.4 Å². The second-order valence-corrected chi connectivity index (χ2v) is 5.45. The maximum absolute atomic E-state index is 12.4. The smallest absolute Gasteiger partial charge is 0.340 e. The lowest BCUT2D eigenvalue weighted by Crippen LogP contribution is -2.16. The van der Waals surface area contributed by atoms with E-state index in [0.29, 0.717) is 22.6 Å². The average molecular weight is 327 g/mol. The number of pyridine rings is 1. The van der Waals surface area contributed by atoms with Gasteiger partial charge in [-0.3, -0.25) is 4.79 Å². The minimum atomic E-state index is -0.469. The molecule has 1 aromatic carbocycles. The molecule has 1 amide bonds. The lowest BCUT2D eigenvalue weighted by atomic mass is 10.1. The summed E-state index contributed by atoms with van der Waals surface area (Å²) in [5.41, 5.74) is 1.13. The predicted molar refractivity (Wildman–Crippen MR) is 93.3 cm³/mol. The van der Waals surface area contributed by atoms with Crippen LogP contribution in [0.2, 0.25) is 0 Å². The Balaban J connectivity index is 2.14. The molecule has 126 valence electrons. The van der Waals surface area contributed by atoms with Gasteiger partial charge in [0.05, 0.1) is 23.4 Å². The van der Waals surface area contributed by atoms with Crippen LogP contribution in [0, 0.1) is 0 Å². The molecule has 0 aliphatic carbocycles. The molecule has 0 aliphatic heterocycles. The molecule has 0 unspecified atom stereocenters. The Morgan fingerprint density at radius 2 is 1.92 bits per heavy atom. The highest BCUT2D eigenvalue weighted by atomic mass is 16.5. The van der Waals surface area contributed by atoms with Crippen molar-refractivity contribution in [2.45, 2.75) is 26.8 Å². The molecule has 2 aromatic rings. The fourth-order valence-electron chi connectivity index (χ4n) is 2.08. The molecule has 0 saturated carbocycles. The van der Waals surface area contributed by atoms with Gasteiger partial charge in [0.2, 0.25) is 0 Å². The molecule has 2 rings (SSSR count). The molecule has 0 bridgehead atoms. The molecule has 0 spiro atoms. The molecule has 6 nitrogen and oxygen atoms in total. The minimum Gasteiger partial charge on any atom is -0.462 e. The highest BCUT2D eigenvalue weighted by Crippen LogP contribution is 2.17. The summed E-state index contributed by atoms with van der Waals surface area (Å²) in [5.74, 6) is -0.105. The molecule has 0 fully saturated rings. The van der Waals surface area contributed by atoms with Crippen molar-refractivity contribution in [3.8, 4) is 0 Å². The Morgan fingerprint density at radius 1 is 1.17 bits per heavy atom. The van der Waals surface area contributed by atoms with Crippen molar-refractivity contribution < 1.29 is 14.3 Å². The first-order valence-electron chi connectivity index (χ1n) is 7.81. The van der Waals surface area contributed by atoms with Gasteiger partial charge in [-0.2, -0.15) is 0 Å². The summed E-state index contributed by atoms with van der Waals surface area (Å²) in [4.78, 5) is 28.5. The van der Waals surface area contributed by atoms with E-state index in [9.17, 15) is 9.59 Å². The number of nitrogens with one attached hydrogen (secondary N) is 2. The largest absolute Gasteiger partial charge is 0.462 e. The number of hydrogen-bond donors (Lipinski definition) is 2. The second-order valence-electron chi connectivity index (χ2n) is 5.45. The molecule has 2 N–H and O–H groups in total. The quantitative estimate of drug-likeness (QED) is 0.796. The topological polar surface area (TPSA) is 80.3 Å². The van der Waals surface area contributed by atoms with Crippen LogP contribution in [0.1, 0.15) is 41.5 Å². The van der Waals surface area contributed by atoms with Crippen molar-refractivity contribution >= 4 is 23.4 Å². The lowest BCUT2D eigenvalue weighted by Gasteiger charge is -2.11. The number of nitrogens with zero attached hydrogens (tertiary/aromatic N) is 1. The van der Waals surface area contributed by atoms with Crippen molar-refractivity contribution in [2.24, 2.45) is 0 Å². The molecular weight excluding hydrogens is 306 g/mol. The molecular formula is C18H21N3O3. The number of anilines is 2. The SMILES string of the molecule is CCOC(=O)c1ccccc1NC(=O)c1ccc(NC(C)C)nc1. The maximum Gasteiger partial charge on any atom is 0.340 e. The van der Waals surface area contributed by atoms with Crippen LogP contribution in [0.3, 0.4) is 0 Å². The number of carbonyl (C=O) groups excluding carboxylic acids is 2. The zero-order valence-electron chi connectivity index (χ0n) is 14.0. The number of carbonyl (C=O) groups is 2. The van der Waals surface area contributed by atoms with Crippen LogP contribution in [0.15, 0.2) is 42.6 Å². The monoisotopic (exact) mass is 327 g/mol. The molecule has 0 aliphatic rings. The van der Waals surface area contributed by atoms with Gasteiger partial charge in [0.25, 0.3) is 5.91 Å². The molecule has 6 heteroatoms. The molecule has 0 radical (unpaired) electrons.